The summed E-state index contributed by atoms with van der Waals surface area (Å²) in [4.78, 5) is 55.8. The molecule has 2 aliphatic rings. The number of imide groups is 1. The second-order valence-electron chi connectivity index (χ2n) is 7.64. The second-order valence-corrected chi connectivity index (χ2v) is 9.47. The van der Waals surface area contributed by atoms with Gasteiger partial charge < -0.3 is 0 Å². The summed E-state index contributed by atoms with van der Waals surface area (Å²) in [5.41, 5.74) is 1.15. The average molecular weight is 478 g/mol. The lowest BCUT2D eigenvalue weighted by Gasteiger charge is -2.27. The lowest BCUT2D eigenvalue weighted by atomic mass is 9.94. The lowest BCUT2D eigenvalue weighted by molar-refractivity contribution is -0.191. The van der Waals surface area contributed by atoms with E-state index >= 15 is 0 Å². The SMILES string of the molecule is O=C1c2cccc3cccc(c23)C(=O)N1CCCCN1C(=O)c2ccccc2S1(=O)=O.O=C=O. The Morgan fingerprint density at radius 1 is 0.676 bits per heavy atom. The van der Waals surface area contributed by atoms with Crippen molar-refractivity contribution in [1.29, 1.82) is 0 Å². The first-order valence-electron chi connectivity index (χ1n) is 10.4. The van der Waals surface area contributed by atoms with Crippen molar-refractivity contribution in [3.8, 4) is 0 Å². The Morgan fingerprint density at radius 2 is 1.21 bits per heavy atom. The number of nitrogens with zero attached hydrogens (tertiary/aromatic N) is 2. The van der Waals surface area contributed by atoms with Crippen molar-refractivity contribution >= 4 is 44.7 Å². The van der Waals surface area contributed by atoms with Crippen LogP contribution in [-0.4, -0.2) is 54.6 Å². The van der Waals surface area contributed by atoms with Gasteiger partial charge in [-0.1, -0.05) is 36.4 Å². The van der Waals surface area contributed by atoms with Crippen LogP contribution in [0.15, 0.2) is 65.6 Å². The number of fused-ring (bicyclic) bond motifs is 1. The highest BCUT2D eigenvalue weighted by molar-refractivity contribution is 7.90. The van der Waals surface area contributed by atoms with E-state index in [2.05, 4.69) is 0 Å². The van der Waals surface area contributed by atoms with Crippen LogP contribution in [0.2, 0.25) is 0 Å². The van der Waals surface area contributed by atoms with Crippen molar-refractivity contribution in [3.05, 3.63) is 77.4 Å². The van der Waals surface area contributed by atoms with Gasteiger partial charge in [-0.15, -0.1) is 0 Å². The van der Waals surface area contributed by atoms with Gasteiger partial charge in [0.15, 0.2) is 0 Å². The number of carbonyl (C=O) groups is 3. The van der Waals surface area contributed by atoms with Gasteiger partial charge in [0.25, 0.3) is 27.7 Å². The van der Waals surface area contributed by atoms with Crippen molar-refractivity contribution < 1.29 is 32.4 Å². The minimum Gasteiger partial charge on any atom is -0.274 e. The first-order chi connectivity index (χ1) is 16.3. The zero-order chi connectivity index (χ0) is 24.5. The van der Waals surface area contributed by atoms with E-state index in [9.17, 15) is 22.8 Å². The molecule has 0 saturated carbocycles. The Kier molecular flexibility index (Phi) is 6.10. The third-order valence-electron chi connectivity index (χ3n) is 5.76. The maximum atomic E-state index is 12.9. The molecular formula is C24H18N2O7S. The van der Waals surface area contributed by atoms with Gasteiger partial charge in [-0.25, -0.2) is 12.7 Å². The molecule has 0 spiro atoms. The molecule has 0 fully saturated rings. The highest BCUT2D eigenvalue weighted by Crippen LogP contribution is 2.31. The summed E-state index contributed by atoms with van der Waals surface area (Å²) >= 11 is 0. The molecule has 0 atom stereocenters. The molecule has 0 bridgehead atoms. The standard InChI is InChI=1S/C23H18N2O5S.CO2/c26-21-17-10-5-7-15-8-6-11-18(20(15)17)22(27)24(21)13-3-4-14-25-23(28)16-9-1-2-12-19(16)31(25,29)30;2-1-3/h1-2,5-12H,3-4,13-14H2;. The Balaban J connectivity index is 0.000000868. The zero-order valence-electron chi connectivity index (χ0n) is 17.8. The molecule has 172 valence electrons. The van der Waals surface area contributed by atoms with Gasteiger partial charge in [0.2, 0.25) is 0 Å². The number of hydrogen-bond donors (Lipinski definition) is 0. The molecule has 10 heteroatoms. The predicted molar refractivity (Wildman–Crippen MR) is 118 cm³/mol. The van der Waals surface area contributed by atoms with Crippen LogP contribution in [0.5, 0.6) is 0 Å². The third kappa shape index (κ3) is 3.68. The van der Waals surface area contributed by atoms with E-state index in [-0.39, 0.29) is 41.5 Å². The average Bonchev–Trinajstić information content (AvgIpc) is 3.03. The largest absolute Gasteiger partial charge is 0.373 e. The molecule has 0 radical (unpaired) electrons. The third-order valence-corrected chi connectivity index (χ3v) is 7.60. The molecule has 0 unspecified atom stereocenters. The van der Waals surface area contributed by atoms with Crippen molar-refractivity contribution in [2.45, 2.75) is 17.7 Å². The van der Waals surface area contributed by atoms with E-state index in [1.165, 1.54) is 17.0 Å². The van der Waals surface area contributed by atoms with E-state index in [4.69, 9.17) is 9.59 Å². The molecule has 3 aromatic carbocycles. The van der Waals surface area contributed by atoms with Gasteiger partial charge in [-0.05, 0) is 42.5 Å². The Morgan fingerprint density at radius 3 is 1.79 bits per heavy atom. The monoisotopic (exact) mass is 478 g/mol. The normalized spacial score (nSPS) is 15.6. The number of benzene rings is 3. The van der Waals surface area contributed by atoms with Gasteiger partial charge in [-0.3, -0.25) is 19.3 Å². The highest BCUT2D eigenvalue weighted by atomic mass is 32.2. The maximum Gasteiger partial charge on any atom is 0.373 e. The highest BCUT2D eigenvalue weighted by Gasteiger charge is 2.40. The molecule has 2 heterocycles. The number of sulfonamides is 1. The van der Waals surface area contributed by atoms with Crippen LogP contribution >= 0.6 is 0 Å². The van der Waals surface area contributed by atoms with Gasteiger partial charge in [0, 0.05) is 29.6 Å². The van der Waals surface area contributed by atoms with Crippen LogP contribution < -0.4 is 0 Å². The van der Waals surface area contributed by atoms with Crippen LogP contribution in [-0.2, 0) is 19.6 Å². The fraction of sp³-hybridized carbons (Fsp3) is 0.167. The van der Waals surface area contributed by atoms with E-state index < -0.39 is 15.9 Å². The topological polar surface area (TPSA) is 126 Å². The van der Waals surface area contributed by atoms with Crippen molar-refractivity contribution in [2.75, 3.05) is 13.1 Å². The summed E-state index contributed by atoms with van der Waals surface area (Å²) in [6.45, 7) is 0.148. The number of rotatable bonds is 5. The smallest absolute Gasteiger partial charge is 0.274 e. The quantitative estimate of drug-likeness (QED) is 0.407. The maximum absolute atomic E-state index is 12.9. The summed E-state index contributed by atoms with van der Waals surface area (Å²) in [7, 11) is -3.85. The molecule has 3 amide bonds. The Bertz CT molecular complexity index is 1420. The lowest BCUT2D eigenvalue weighted by Crippen LogP contribution is -2.41. The van der Waals surface area contributed by atoms with E-state index in [0.29, 0.717) is 29.4 Å². The van der Waals surface area contributed by atoms with E-state index in [0.717, 1.165) is 9.69 Å². The van der Waals surface area contributed by atoms with Crippen molar-refractivity contribution in [3.63, 3.8) is 0 Å². The van der Waals surface area contributed by atoms with Crippen LogP contribution in [0.1, 0.15) is 43.9 Å². The second kappa shape index (κ2) is 9.01. The predicted octanol–water partition coefficient (Wildman–Crippen LogP) is 2.48. The molecule has 0 saturated heterocycles. The van der Waals surface area contributed by atoms with Crippen LogP contribution in [0.3, 0.4) is 0 Å². The zero-order valence-corrected chi connectivity index (χ0v) is 18.6. The molecule has 0 N–H and O–H groups in total. The Labute approximate surface area is 194 Å². The first-order valence-corrected chi connectivity index (χ1v) is 11.8. The fourth-order valence-corrected chi connectivity index (χ4v) is 5.87. The fourth-order valence-electron chi connectivity index (χ4n) is 4.26. The number of amides is 3. The summed E-state index contributed by atoms with van der Waals surface area (Å²) in [5.74, 6) is -1.25. The molecule has 0 aliphatic carbocycles. The van der Waals surface area contributed by atoms with Crippen LogP contribution in [0.4, 0.5) is 0 Å². The Hall–Kier alpha value is -4.14. The molecule has 9 nitrogen and oxygen atoms in total. The molecule has 2 aliphatic heterocycles. The summed E-state index contributed by atoms with van der Waals surface area (Å²) in [6.07, 6.45) is 0.965. The van der Waals surface area contributed by atoms with Gasteiger partial charge in [-0.2, -0.15) is 9.59 Å². The summed E-state index contributed by atoms with van der Waals surface area (Å²) in [5, 5.41) is 1.51. The first kappa shape index (κ1) is 23.0. The summed E-state index contributed by atoms with van der Waals surface area (Å²) < 4.78 is 26.1. The van der Waals surface area contributed by atoms with Crippen molar-refractivity contribution in [2.24, 2.45) is 0 Å². The molecular weight excluding hydrogens is 460 g/mol. The van der Waals surface area contributed by atoms with Crippen molar-refractivity contribution in [1.82, 2.24) is 9.21 Å². The van der Waals surface area contributed by atoms with Crippen LogP contribution in [0.25, 0.3) is 10.8 Å². The number of hydrogen-bond acceptors (Lipinski definition) is 7. The molecule has 3 aromatic rings. The number of carbonyl (C=O) groups excluding carboxylic acids is 5. The molecule has 34 heavy (non-hydrogen) atoms. The van der Waals surface area contributed by atoms with Gasteiger partial charge >= 0.3 is 6.15 Å². The molecule has 0 aromatic heterocycles. The van der Waals surface area contributed by atoms with Gasteiger partial charge in [0.05, 0.1) is 5.56 Å². The van der Waals surface area contributed by atoms with Crippen LogP contribution in [0, 0.1) is 0 Å². The van der Waals surface area contributed by atoms with E-state index in [1.54, 1.807) is 36.4 Å². The van der Waals surface area contributed by atoms with E-state index in [1.807, 2.05) is 12.1 Å². The summed E-state index contributed by atoms with van der Waals surface area (Å²) in [6, 6.07) is 16.9. The number of unbranched alkanes of at least 4 members (excludes halogenated alkanes) is 1. The molecule has 5 rings (SSSR count). The minimum atomic E-state index is -3.85. The van der Waals surface area contributed by atoms with Gasteiger partial charge in [0.1, 0.15) is 4.90 Å². The minimum absolute atomic E-state index is 0.00175.